The highest BCUT2D eigenvalue weighted by molar-refractivity contribution is 6.02. The van der Waals surface area contributed by atoms with Gasteiger partial charge in [0.15, 0.2) is 0 Å². The SMILES string of the molecule is C1=C\C=C/C(c2ccc3ccccc3c2C2=C/C=C\C=C/C=C\2)=C\C=C/1. The van der Waals surface area contributed by atoms with Gasteiger partial charge in [-0.15, -0.1) is 0 Å². The molecule has 0 N–H and O–H groups in total. The molecule has 0 unspecified atom stereocenters. The minimum atomic E-state index is 1.21. The van der Waals surface area contributed by atoms with Crippen LogP contribution in [0.1, 0.15) is 11.1 Å². The van der Waals surface area contributed by atoms with Crippen LogP contribution in [0.15, 0.2) is 121 Å². The van der Waals surface area contributed by atoms with Crippen molar-refractivity contribution in [3.05, 3.63) is 133 Å². The molecule has 26 heavy (non-hydrogen) atoms. The topological polar surface area (TPSA) is 0 Å². The number of fused-ring (bicyclic) bond motifs is 1. The molecular weight excluding hydrogens is 312 g/mol. The van der Waals surface area contributed by atoms with Crippen LogP contribution < -0.4 is 0 Å². The van der Waals surface area contributed by atoms with Crippen LogP contribution in [0.2, 0.25) is 0 Å². The third-order valence-electron chi connectivity index (χ3n) is 4.52. The summed E-state index contributed by atoms with van der Waals surface area (Å²) in [6, 6.07) is 13.0. The summed E-state index contributed by atoms with van der Waals surface area (Å²) < 4.78 is 0. The molecule has 0 nitrogen and oxygen atoms in total. The van der Waals surface area contributed by atoms with Crippen molar-refractivity contribution in [2.75, 3.05) is 0 Å². The zero-order valence-electron chi connectivity index (χ0n) is 14.5. The monoisotopic (exact) mass is 332 g/mol. The Morgan fingerprint density at radius 2 is 1.08 bits per heavy atom. The summed E-state index contributed by atoms with van der Waals surface area (Å²) >= 11 is 0. The predicted octanol–water partition coefficient (Wildman–Crippen LogP) is 6.97. The van der Waals surface area contributed by atoms with Crippen molar-refractivity contribution in [3.8, 4) is 0 Å². The van der Waals surface area contributed by atoms with Crippen LogP contribution in [0.5, 0.6) is 0 Å². The summed E-state index contributed by atoms with van der Waals surface area (Å²) in [4.78, 5) is 0. The van der Waals surface area contributed by atoms with Crippen molar-refractivity contribution in [1.82, 2.24) is 0 Å². The maximum Gasteiger partial charge on any atom is -0.00268 e. The average Bonchev–Trinajstić information content (AvgIpc) is 2.61. The zero-order chi connectivity index (χ0) is 17.6. The first-order chi connectivity index (χ1) is 12.9. The van der Waals surface area contributed by atoms with E-state index in [1.807, 2.05) is 12.2 Å². The van der Waals surface area contributed by atoms with Gasteiger partial charge >= 0.3 is 0 Å². The van der Waals surface area contributed by atoms with E-state index in [0.717, 1.165) is 0 Å². The number of hydrogen-bond donors (Lipinski definition) is 0. The van der Waals surface area contributed by atoms with E-state index in [2.05, 4.69) is 109 Å². The van der Waals surface area contributed by atoms with Gasteiger partial charge in [-0.05, 0) is 33.0 Å². The Hall–Kier alpha value is -3.38. The summed E-state index contributed by atoms with van der Waals surface area (Å²) in [5.74, 6) is 0. The molecule has 2 aliphatic rings. The largest absolute Gasteiger partial charge is 0.0623 e. The van der Waals surface area contributed by atoms with Crippen molar-refractivity contribution < 1.29 is 0 Å². The second-order valence-corrected chi connectivity index (χ2v) is 6.21. The first-order valence-corrected chi connectivity index (χ1v) is 8.89. The minimum absolute atomic E-state index is 1.21. The molecule has 0 saturated carbocycles. The summed E-state index contributed by atoms with van der Waals surface area (Å²) in [7, 11) is 0. The van der Waals surface area contributed by atoms with Gasteiger partial charge in [0, 0.05) is 0 Å². The van der Waals surface area contributed by atoms with E-state index in [0.29, 0.717) is 0 Å². The van der Waals surface area contributed by atoms with E-state index in [4.69, 9.17) is 0 Å². The highest BCUT2D eigenvalue weighted by Gasteiger charge is 2.12. The first-order valence-electron chi connectivity index (χ1n) is 8.89. The van der Waals surface area contributed by atoms with E-state index in [9.17, 15) is 0 Å². The van der Waals surface area contributed by atoms with E-state index < -0.39 is 0 Å². The molecule has 0 spiro atoms. The molecule has 0 aliphatic heterocycles. The van der Waals surface area contributed by atoms with E-state index in [1.54, 1.807) is 0 Å². The van der Waals surface area contributed by atoms with Gasteiger partial charge in [-0.1, -0.05) is 121 Å². The number of allylic oxidation sites excluding steroid dienone is 16. The molecule has 0 radical (unpaired) electrons. The van der Waals surface area contributed by atoms with Crippen LogP contribution in [0.4, 0.5) is 0 Å². The van der Waals surface area contributed by atoms with Crippen molar-refractivity contribution in [2.45, 2.75) is 0 Å². The number of hydrogen-bond acceptors (Lipinski definition) is 0. The smallest absolute Gasteiger partial charge is 0.00268 e. The average molecular weight is 332 g/mol. The van der Waals surface area contributed by atoms with Gasteiger partial charge in [-0.25, -0.2) is 0 Å². The van der Waals surface area contributed by atoms with E-state index in [1.165, 1.54) is 33.0 Å². The molecule has 0 saturated heterocycles. The van der Waals surface area contributed by atoms with Gasteiger partial charge in [-0.2, -0.15) is 0 Å². The van der Waals surface area contributed by atoms with Gasteiger partial charge in [0.25, 0.3) is 0 Å². The van der Waals surface area contributed by atoms with Crippen molar-refractivity contribution in [1.29, 1.82) is 0 Å². The van der Waals surface area contributed by atoms with Gasteiger partial charge in [0.05, 0.1) is 0 Å². The maximum absolute atomic E-state index is 2.24. The second kappa shape index (κ2) is 7.67. The van der Waals surface area contributed by atoms with Crippen LogP contribution >= 0.6 is 0 Å². The van der Waals surface area contributed by atoms with E-state index >= 15 is 0 Å². The molecule has 0 amide bonds. The molecule has 0 aromatic heterocycles. The summed E-state index contributed by atoms with van der Waals surface area (Å²) in [5, 5.41) is 2.53. The lowest BCUT2D eigenvalue weighted by atomic mass is 9.88. The number of rotatable bonds is 2. The quantitative estimate of drug-likeness (QED) is 0.557. The molecule has 4 rings (SSSR count). The molecule has 124 valence electrons. The lowest BCUT2D eigenvalue weighted by molar-refractivity contribution is 1.58. The first kappa shape index (κ1) is 16.1. The summed E-state index contributed by atoms with van der Waals surface area (Å²) in [6.45, 7) is 0. The highest BCUT2D eigenvalue weighted by atomic mass is 14.2. The molecule has 0 heterocycles. The Balaban J connectivity index is 1.99. The molecule has 0 bridgehead atoms. The molecule has 0 atom stereocenters. The third kappa shape index (κ3) is 3.36. The van der Waals surface area contributed by atoms with Crippen molar-refractivity contribution in [2.24, 2.45) is 0 Å². The maximum atomic E-state index is 2.24. The van der Waals surface area contributed by atoms with Gasteiger partial charge in [0.1, 0.15) is 0 Å². The standard InChI is InChI=1S/C26H20/c1-3-7-13-21(14-8-4-1)25-20-19-22-15-11-12-18-24(22)26(25)23-16-9-5-2-6-10-17-23/h1-20H/b3-1-,4-1?,5-2-,6-2?,7-3?,8-4-,9-5?,10-6-,13-7-,14-8?,16-9-,17-10?,21-13?,21-14+,23-16?,23-17+. The highest BCUT2D eigenvalue weighted by Crippen LogP contribution is 2.34. The van der Waals surface area contributed by atoms with Crippen LogP contribution in [0, 0.1) is 0 Å². The molecule has 2 aromatic rings. The molecular formula is C26H20. The lowest BCUT2D eigenvalue weighted by Gasteiger charge is -2.16. The molecule has 2 aliphatic carbocycles. The Morgan fingerprint density at radius 1 is 0.462 bits per heavy atom. The van der Waals surface area contributed by atoms with Crippen LogP contribution in [-0.2, 0) is 0 Å². The normalized spacial score (nSPS) is 27.4. The number of benzene rings is 2. The Labute approximate surface area is 154 Å². The predicted molar refractivity (Wildman–Crippen MR) is 115 cm³/mol. The molecule has 0 fully saturated rings. The molecule has 0 heteroatoms. The van der Waals surface area contributed by atoms with Crippen LogP contribution in [0.25, 0.3) is 21.9 Å². The summed E-state index contributed by atoms with van der Waals surface area (Å²) in [5.41, 5.74) is 4.94. The Kier molecular flexibility index (Phi) is 4.75. The van der Waals surface area contributed by atoms with Crippen LogP contribution in [0.3, 0.4) is 0 Å². The fourth-order valence-corrected chi connectivity index (χ4v) is 3.30. The summed E-state index contributed by atoms with van der Waals surface area (Å²) in [6.07, 6.45) is 29.5. The Bertz CT molecular complexity index is 1060. The fraction of sp³-hybridized carbons (Fsp3) is 0. The van der Waals surface area contributed by atoms with Crippen molar-refractivity contribution >= 4 is 21.9 Å². The zero-order valence-corrected chi connectivity index (χ0v) is 14.5. The third-order valence-corrected chi connectivity index (χ3v) is 4.52. The van der Waals surface area contributed by atoms with Crippen LogP contribution in [-0.4, -0.2) is 0 Å². The minimum Gasteiger partial charge on any atom is -0.0623 e. The molecule has 2 aromatic carbocycles. The van der Waals surface area contributed by atoms with E-state index in [-0.39, 0.29) is 0 Å². The fourth-order valence-electron chi connectivity index (χ4n) is 3.30. The lowest BCUT2D eigenvalue weighted by Crippen LogP contribution is -1.94. The second-order valence-electron chi connectivity index (χ2n) is 6.21. The van der Waals surface area contributed by atoms with Gasteiger partial charge in [0.2, 0.25) is 0 Å². The Morgan fingerprint density at radius 3 is 1.88 bits per heavy atom. The van der Waals surface area contributed by atoms with Gasteiger partial charge < -0.3 is 0 Å². The van der Waals surface area contributed by atoms with Gasteiger partial charge in [-0.3, -0.25) is 0 Å². The van der Waals surface area contributed by atoms with Crippen molar-refractivity contribution in [3.63, 3.8) is 0 Å².